The van der Waals surface area contributed by atoms with E-state index in [4.69, 9.17) is 4.43 Å². The third kappa shape index (κ3) is 3.07. The lowest BCUT2D eigenvalue weighted by atomic mass is 9.80. The topological polar surface area (TPSA) is 9.23 Å². The molecule has 1 aliphatic heterocycles. The molecule has 1 radical (unpaired) electrons. The van der Waals surface area contributed by atoms with Crippen molar-refractivity contribution in [2.45, 2.75) is 32.7 Å². The summed E-state index contributed by atoms with van der Waals surface area (Å²) in [5.74, 6) is 2.72. The van der Waals surface area contributed by atoms with Crippen LogP contribution in [0.3, 0.4) is 0 Å². The van der Waals surface area contributed by atoms with Crippen LogP contribution in [0, 0.1) is 5.92 Å². The molecule has 0 amide bonds. The van der Waals surface area contributed by atoms with Gasteiger partial charge in [0.2, 0.25) is 17.0 Å². The van der Waals surface area contributed by atoms with Gasteiger partial charge in [-0.05, 0) is 17.0 Å². The fraction of sp³-hybridized carbons (Fsp3) is 0.600. The predicted molar refractivity (Wildman–Crippen MR) is 61.5 cm³/mol. The lowest BCUT2D eigenvalue weighted by molar-refractivity contribution is 0.395. The molecule has 71 valence electrons. The van der Waals surface area contributed by atoms with Gasteiger partial charge in [0, 0.05) is 5.66 Å². The summed E-state index contributed by atoms with van der Waals surface area (Å²) < 4.78 is 5.81. The van der Waals surface area contributed by atoms with Gasteiger partial charge < -0.3 is 4.43 Å². The molecular weight excluding hydrogens is 175 g/mol. The maximum Gasteiger partial charge on any atom is 0.228 e. The second-order valence-corrected chi connectivity index (χ2v) is 6.95. The highest BCUT2D eigenvalue weighted by atomic mass is 28.2. The van der Waals surface area contributed by atoms with Crippen molar-refractivity contribution in [3.8, 4) is 0 Å². The highest BCUT2D eigenvalue weighted by molar-refractivity contribution is 6.53. The van der Waals surface area contributed by atoms with Crippen LogP contribution in [0.1, 0.15) is 27.7 Å². The SMILES string of the molecule is CC(C)C(C)(C)[SiH2]OC1=CC=C[B]1. The molecular formula is C10H18BOSi. The van der Waals surface area contributed by atoms with E-state index in [9.17, 15) is 0 Å². The quantitative estimate of drug-likeness (QED) is 0.620. The lowest BCUT2D eigenvalue weighted by Crippen LogP contribution is -2.22. The summed E-state index contributed by atoms with van der Waals surface area (Å²) in [5, 5.41) is 0.386. The molecule has 1 aliphatic rings. The van der Waals surface area contributed by atoms with Gasteiger partial charge >= 0.3 is 0 Å². The molecule has 0 fully saturated rings. The molecule has 1 heterocycles. The summed E-state index contributed by atoms with van der Waals surface area (Å²) in [6.07, 6.45) is 4.05. The zero-order valence-electron chi connectivity index (χ0n) is 9.00. The van der Waals surface area contributed by atoms with E-state index in [0.29, 0.717) is 11.0 Å². The lowest BCUT2D eigenvalue weighted by Gasteiger charge is -2.28. The van der Waals surface area contributed by atoms with Gasteiger partial charge in [-0.3, -0.25) is 0 Å². The van der Waals surface area contributed by atoms with Crippen LogP contribution in [-0.2, 0) is 4.43 Å². The average Bonchev–Trinajstić information content (AvgIpc) is 2.52. The summed E-state index contributed by atoms with van der Waals surface area (Å²) in [4.78, 5) is 0. The Labute approximate surface area is 84.4 Å². The summed E-state index contributed by atoms with van der Waals surface area (Å²) >= 11 is 0. The summed E-state index contributed by atoms with van der Waals surface area (Å²) in [6.45, 7) is 9.13. The number of rotatable bonds is 4. The highest BCUT2D eigenvalue weighted by Crippen LogP contribution is 2.33. The molecule has 0 atom stereocenters. The number of hydrogen-bond donors (Lipinski definition) is 0. The Kier molecular flexibility index (Phi) is 3.42. The van der Waals surface area contributed by atoms with Gasteiger partial charge in [0.25, 0.3) is 0 Å². The van der Waals surface area contributed by atoms with Gasteiger partial charge in [-0.25, -0.2) is 0 Å². The highest BCUT2D eigenvalue weighted by Gasteiger charge is 2.24. The van der Waals surface area contributed by atoms with Crippen LogP contribution in [-0.4, -0.2) is 17.0 Å². The van der Waals surface area contributed by atoms with Crippen LogP contribution in [0.15, 0.2) is 23.8 Å². The third-order valence-electron chi connectivity index (χ3n) is 2.81. The Balaban J connectivity index is 2.33. The molecule has 0 aromatic rings. The van der Waals surface area contributed by atoms with E-state index in [1.54, 1.807) is 0 Å². The summed E-state index contributed by atoms with van der Waals surface area (Å²) in [5.41, 5.74) is 1.04. The predicted octanol–water partition coefficient (Wildman–Crippen LogP) is 2.01. The molecule has 0 spiro atoms. The zero-order chi connectivity index (χ0) is 9.90. The molecule has 0 aromatic carbocycles. The van der Waals surface area contributed by atoms with Crippen LogP contribution in [0.4, 0.5) is 0 Å². The molecule has 1 nitrogen and oxygen atoms in total. The standard InChI is InChI=1S/C10H18BOSi/c1-8(2)10(3,4)13-12-9-6-5-7-11-9/h5-8H,13H2,1-4H3. The van der Waals surface area contributed by atoms with Gasteiger partial charge in [-0.15, -0.1) is 5.98 Å². The molecule has 0 aromatic heterocycles. The fourth-order valence-corrected chi connectivity index (χ4v) is 1.95. The Hall–Kier alpha value is -0.438. The van der Waals surface area contributed by atoms with E-state index in [-0.39, 0.29) is 0 Å². The normalized spacial score (nSPS) is 16.8. The van der Waals surface area contributed by atoms with E-state index in [0.717, 1.165) is 5.66 Å². The van der Waals surface area contributed by atoms with Crippen molar-refractivity contribution in [3.05, 3.63) is 23.8 Å². The molecule has 3 heteroatoms. The van der Waals surface area contributed by atoms with Gasteiger partial charge in [-0.2, -0.15) is 0 Å². The van der Waals surface area contributed by atoms with Crippen LogP contribution >= 0.6 is 0 Å². The van der Waals surface area contributed by atoms with Crippen LogP contribution < -0.4 is 0 Å². The first-order valence-corrected chi connectivity index (χ1v) is 6.15. The van der Waals surface area contributed by atoms with Crippen LogP contribution in [0.25, 0.3) is 0 Å². The minimum atomic E-state index is -0.477. The Bertz CT molecular complexity index is 231. The number of allylic oxidation sites excluding steroid dienone is 2. The molecule has 0 saturated heterocycles. The summed E-state index contributed by atoms with van der Waals surface area (Å²) in [7, 11) is 1.55. The van der Waals surface area contributed by atoms with Gasteiger partial charge in [0.1, 0.15) is 0 Å². The molecule has 0 aliphatic carbocycles. The van der Waals surface area contributed by atoms with Crippen LogP contribution in [0.5, 0.6) is 0 Å². The Morgan fingerprint density at radius 2 is 2.15 bits per heavy atom. The molecule has 13 heavy (non-hydrogen) atoms. The number of hydrogen-bond acceptors (Lipinski definition) is 1. The monoisotopic (exact) mass is 193 g/mol. The van der Waals surface area contributed by atoms with E-state index in [2.05, 4.69) is 27.7 Å². The van der Waals surface area contributed by atoms with Crippen molar-refractivity contribution in [2.24, 2.45) is 5.92 Å². The minimum absolute atomic E-state index is 0.386. The molecule has 0 unspecified atom stereocenters. The van der Waals surface area contributed by atoms with Gasteiger partial charge in [0.15, 0.2) is 0 Å². The van der Waals surface area contributed by atoms with Gasteiger partial charge in [0.05, 0.1) is 0 Å². The Morgan fingerprint density at radius 1 is 1.46 bits per heavy atom. The zero-order valence-corrected chi connectivity index (χ0v) is 10.4. The molecule has 0 bridgehead atoms. The van der Waals surface area contributed by atoms with Crippen molar-refractivity contribution in [2.75, 3.05) is 0 Å². The Morgan fingerprint density at radius 3 is 2.62 bits per heavy atom. The van der Waals surface area contributed by atoms with E-state index < -0.39 is 9.76 Å². The first-order valence-electron chi connectivity index (χ1n) is 4.87. The van der Waals surface area contributed by atoms with Crippen molar-refractivity contribution >= 4 is 17.0 Å². The van der Waals surface area contributed by atoms with Gasteiger partial charge in [-0.1, -0.05) is 33.8 Å². The second-order valence-electron chi connectivity index (χ2n) is 4.55. The maximum absolute atomic E-state index is 5.81. The van der Waals surface area contributed by atoms with Crippen molar-refractivity contribution < 1.29 is 4.43 Å². The minimum Gasteiger partial charge on any atom is -0.560 e. The van der Waals surface area contributed by atoms with Crippen LogP contribution in [0.2, 0.25) is 5.04 Å². The smallest absolute Gasteiger partial charge is 0.228 e. The first-order chi connectivity index (χ1) is 6.02. The molecule has 0 saturated carbocycles. The molecule has 1 rings (SSSR count). The maximum atomic E-state index is 5.81. The third-order valence-corrected chi connectivity index (χ3v) is 4.84. The first kappa shape index (κ1) is 10.6. The second kappa shape index (κ2) is 4.18. The van der Waals surface area contributed by atoms with E-state index in [1.165, 1.54) is 0 Å². The van der Waals surface area contributed by atoms with Crippen molar-refractivity contribution in [1.29, 1.82) is 0 Å². The average molecular weight is 193 g/mol. The summed E-state index contributed by atoms with van der Waals surface area (Å²) in [6, 6.07) is 0. The fourth-order valence-electron chi connectivity index (χ4n) is 0.889. The van der Waals surface area contributed by atoms with Crippen molar-refractivity contribution in [3.63, 3.8) is 0 Å². The largest absolute Gasteiger partial charge is 0.560 e. The van der Waals surface area contributed by atoms with E-state index >= 15 is 0 Å². The van der Waals surface area contributed by atoms with Crippen molar-refractivity contribution in [1.82, 2.24) is 0 Å². The van der Waals surface area contributed by atoms with E-state index in [1.807, 2.05) is 25.4 Å². The molecule has 0 N–H and O–H groups in total.